The minimum Gasteiger partial charge on any atom is -0.248 e. The van der Waals surface area contributed by atoms with Gasteiger partial charge in [-0.2, -0.15) is 0 Å². The molecule has 0 radical (unpaired) electrons. The molecule has 2 aromatic rings. The molecule has 3 nitrogen and oxygen atoms in total. The Morgan fingerprint density at radius 3 is 3.08 bits per heavy atom. The number of fused-ring (bicyclic) bond motifs is 1. The fraction of sp³-hybridized carbons (Fsp3) is 0.250. The van der Waals surface area contributed by atoms with Crippen LogP contribution in [-0.4, -0.2) is 15.0 Å². The molecule has 0 unspecified atom stereocenters. The van der Waals surface area contributed by atoms with Crippen molar-refractivity contribution in [3.63, 3.8) is 0 Å². The molecule has 4 heteroatoms. The molecule has 1 heterocycles. The molecule has 0 bridgehead atoms. The highest BCUT2D eigenvalue weighted by atomic mass is 35.5. The Bertz CT molecular complexity index is 408. The van der Waals surface area contributed by atoms with Crippen LogP contribution in [-0.2, 0) is 12.9 Å². The molecule has 0 saturated heterocycles. The minimum atomic E-state index is 0.520. The summed E-state index contributed by atoms with van der Waals surface area (Å²) in [4.78, 5) is 0. The van der Waals surface area contributed by atoms with E-state index in [0.29, 0.717) is 5.88 Å². The molecule has 0 fully saturated rings. The van der Waals surface area contributed by atoms with E-state index in [1.807, 2.05) is 25.2 Å². The summed E-state index contributed by atoms with van der Waals surface area (Å²) in [6.45, 7) is 0. The van der Waals surface area contributed by atoms with Gasteiger partial charge in [0.2, 0.25) is 0 Å². The first-order chi connectivity index (χ1) is 5.81. The maximum atomic E-state index is 5.68. The molecule has 0 aliphatic heterocycles. The van der Waals surface area contributed by atoms with Crippen LogP contribution in [0.2, 0.25) is 0 Å². The Morgan fingerprint density at radius 2 is 2.33 bits per heavy atom. The topological polar surface area (TPSA) is 30.7 Å². The van der Waals surface area contributed by atoms with Crippen LogP contribution in [0.1, 0.15) is 5.56 Å². The quantitative estimate of drug-likeness (QED) is 0.627. The summed E-state index contributed by atoms with van der Waals surface area (Å²) in [7, 11) is 1.87. The zero-order valence-corrected chi connectivity index (χ0v) is 7.41. The lowest BCUT2D eigenvalue weighted by Gasteiger charge is -1.94. The molecule has 0 aliphatic rings. The maximum absolute atomic E-state index is 5.68. The third-order valence-electron chi connectivity index (χ3n) is 1.83. The maximum Gasteiger partial charge on any atom is 0.113 e. The molecular weight excluding hydrogens is 174 g/mol. The summed E-state index contributed by atoms with van der Waals surface area (Å²) in [5.74, 6) is 0.520. The van der Waals surface area contributed by atoms with E-state index >= 15 is 0 Å². The number of halogens is 1. The molecule has 0 spiro atoms. The fourth-order valence-electron chi connectivity index (χ4n) is 1.17. The Balaban J connectivity index is 2.69. The predicted molar refractivity (Wildman–Crippen MR) is 48.1 cm³/mol. The minimum absolute atomic E-state index is 0.520. The van der Waals surface area contributed by atoms with Gasteiger partial charge in [0.25, 0.3) is 0 Å². The van der Waals surface area contributed by atoms with E-state index < -0.39 is 0 Å². The van der Waals surface area contributed by atoms with Crippen molar-refractivity contribution in [3.05, 3.63) is 23.8 Å². The van der Waals surface area contributed by atoms with Crippen LogP contribution >= 0.6 is 11.6 Å². The molecule has 0 N–H and O–H groups in total. The van der Waals surface area contributed by atoms with E-state index in [1.165, 1.54) is 0 Å². The highest BCUT2D eigenvalue weighted by Crippen LogP contribution is 2.13. The molecule has 1 aromatic carbocycles. The summed E-state index contributed by atoms with van der Waals surface area (Å²) in [5.41, 5.74) is 3.00. The number of benzene rings is 1. The van der Waals surface area contributed by atoms with E-state index in [4.69, 9.17) is 11.6 Å². The number of rotatable bonds is 1. The molecule has 12 heavy (non-hydrogen) atoms. The summed E-state index contributed by atoms with van der Waals surface area (Å²) in [6.07, 6.45) is 0. The number of aryl methyl sites for hydroxylation is 1. The van der Waals surface area contributed by atoms with Crippen molar-refractivity contribution < 1.29 is 0 Å². The number of aromatic nitrogens is 3. The van der Waals surface area contributed by atoms with Gasteiger partial charge in [-0.3, -0.25) is 0 Å². The van der Waals surface area contributed by atoms with Crippen molar-refractivity contribution in [1.29, 1.82) is 0 Å². The van der Waals surface area contributed by atoms with Crippen LogP contribution in [0.15, 0.2) is 18.2 Å². The van der Waals surface area contributed by atoms with E-state index in [9.17, 15) is 0 Å². The van der Waals surface area contributed by atoms with Gasteiger partial charge in [0.15, 0.2) is 0 Å². The van der Waals surface area contributed by atoms with Crippen LogP contribution in [0.5, 0.6) is 0 Å². The second-order valence-electron chi connectivity index (χ2n) is 2.67. The monoisotopic (exact) mass is 181 g/mol. The SMILES string of the molecule is Cn1nnc2cc(CCl)ccc21. The number of hydrogen-bond donors (Lipinski definition) is 0. The standard InChI is InChI=1S/C8H8ClN3/c1-12-8-3-2-6(5-9)4-7(8)10-11-12/h2-4H,5H2,1H3. The normalized spacial score (nSPS) is 10.8. The van der Waals surface area contributed by atoms with Gasteiger partial charge in [-0.1, -0.05) is 11.3 Å². The number of alkyl halides is 1. The van der Waals surface area contributed by atoms with Crippen molar-refractivity contribution >= 4 is 22.6 Å². The molecule has 0 atom stereocenters. The number of hydrogen-bond acceptors (Lipinski definition) is 2. The van der Waals surface area contributed by atoms with Crippen molar-refractivity contribution in [2.24, 2.45) is 7.05 Å². The van der Waals surface area contributed by atoms with Gasteiger partial charge in [-0.15, -0.1) is 16.7 Å². The molecule has 0 aliphatic carbocycles. The summed E-state index contributed by atoms with van der Waals surface area (Å²) in [6, 6.07) is 5.92. The molecule has 0 amide bonds. The van der Waals surface area contributed by atoms with Gasteiger partial charge in [-0.05, 0) is 17.7 Å². The van der Waals surface area contributed by atoms with E-state index in [2.05, 4.69) is 10.3 Å². The predicted octanol–water partition coefficient (Wildman–Crippen LogP) is 1.71. The van der Waals surface area contributed by atoms with Crippen LogP contribution in [0, 0.1) is 0 Å². The second kappa shape index (κ2) is 2.75. The third kappa shape index (κ3) is 1.06. The molecule has 1 aromatic heterocycles. The van der Waals surface area contributed by atoms with Gasteiger partial charge >= 0.3 is 0 Å². The average Bonchev–Trinajstić information content (AvgIpc) is 2.47. The lowest BCUT2D eigenvalue weighted by molar-refractivity contribution is 0.736. The zero-order chi connectivity index (χ0) is 8.55. The molecule has 62 valence electrons. The molecule has 0 saturated carbocycles. The average molecular weight is 182 g/mol. The van der Waals surface area contributed by atoms with Crippen molar-refractivity contribution in [2.45, 2.75) is 5.88 Å². The first kappa shape index (κ1) is 7.55. The first-order valence-electron chi connectivity index (χ1n) is 3.65. The summed E-state index contributed by atoms with van der Waals surface area (Å²) in [5, 5.41) is 7.88. The molecular formula is C8H8ClN3. The lowest BCUT2D eigenvalue weighted by atomic mass is 10.2. The lowest BCUT2D eigenvalue weighted by Crippen LogP contribution is -1.88. The van der Waals surface area contributed by atoms with Crippen molar-refractivity contribution in [2.75, 3.05) is 0 Å². The van der Waals surface area contributed by atoms with Crippen molar-refractivity contribution in [1.82, 2.24) is 15.0 Å². The first-order valence-corrected chi connectivity index (χ1v) is 4.19. The fourth-order valence-corrected chi connectivity index (χ4v) is 1.34. The van der Waals surface area contributed by atoms with Gasteiger partial charge < -0.3 is 0 Å². The summed E-state index contributed by atoms with van der Waals surface area (Å²) >= 11 is 5.68. The highest BCUT2D eigenvalue weighted by molar-refractivity contribution is 6.17. The van der Waals surface area contributed by atoms with Crippen molar-refractivity contribution in [3.8, 4) is 0 Å². The largest absolute Gasteiger partial charge is 0.248 e. The van der Waals surface area contributed by atoms with Crippen LogP contribution in [0.3, 0.4) is 0 Å². The van der Waals surface area contributed by atoms with E-state index in [-0.39, 0.29) is 0 Å². The number of nitrogens with zero attached hydrogens (tertiary/aromatic N) is 3. The summed E-state index contributed by atoms with van der Waals surface area (Å²) < 4.78 is 1.74. The van der Waals surface area contributed by atoms with Crippen LogP contribution < -0.4 is 0 Å². The Morgan fingerprint density at radius 1 is 1.50 bits per heavy atom. The van der Waals surface area contributed by atoms with E-state index in [1.54, 1.807) is 4.68 Å². The molecule has 2 rings (SSSR count). The smallest absolute Gasteiger partial charge is 0.113 e. The zero-order valence-electron chi connectivity index (χ0n) is 6.66. The van der Waals surface area contributed by atoms with Gasteiger partial charge in [0, 0.05) is 12.9 Å². The van der Waals surface area contributed by atoms with E-state index in [0.717, 1.165) is 16.6 Å². The van der Waals surface area contributed by atoms with Crippen LogP contribution in [0.4, 0.5) is 0 Å². The van der Waals surface area contributed by atoms with Gasteiger partial charge in [0.05, 0.1) is 5.52 Å². The Hall–Kier alpha value is -1.09. The van der Waals surface area contributed by atoms with Gasteiger partial charge in [0.1, 0.15) is 5.52 Å². The second-order valence-corrected chi connectivity index (χ2v) is 2.94. The van der Waals surface area contributed by atoms with Crippen LogP contribution in [0.25, 0.3) is 11.0 Å². The third-order valence-corrected chi connectivity index (χ3v) is 2.14. The highest BCUT2D eigenvalue weighted by Gasteiger charge is 2.00. The Labute approximate surface area is 74.9 Å². The Kier molecular flexibility index (Phi) is 1.73. The van der Waals surface area contributed by atoms with Gasteiger partial charge in [-0.25, -0.2) is 4.68 Å².